The molecule has 0 atom stereocenters. The fraction of sp³-hybridized carbons (Fsp3) is 0.375. The summed E-state index contributed by atoms with van der Waals surface area (Å²) in [6, 6.07) is 8.90. The molecule has 2 aliphatic rings. The third kappa shape index (κ3) is 1.52. The summed E-state index contributed by atoms with van der Waals surface area (Å²) in [7, 11) is 0. The molecule has 1 aliphatic carbocycles. The molecule has 0 amide bonds. The quantitative estimate of drug-likeness (QED) is 0.741. The van der Waals surface area contributed by atoms with Gasteiger partial charge < -0.3 is 4.90 Å². The lowest BCUT2D eigenvalue weighted by molar-refractivity contribution is 0.916. The predicted octanol–water partition coefficient (Wildman–Crippen LogP) is 4.11. The third-order valence-corrected chi connectivity index (χ3v) is 5.30. The molecule has 0 radical (unpaired) electrons. The van der Waals surface area contributed by atoms with Crippen molar-refractivity contribution in [2.75, 3.05) is 18.0 Å². The van der Waals surface area contributed by atoms with Crippen LogP contribution in [-0.2, 0) is 12.8 Å². The molecule has 1 nitrogen and oxygen atoms in total. The fourth-order valence-corrected chi connectivity index (χ4v) is 4.47. The van der Waals surface area contributed by atoms with Crippen molar-refractivity contribution in [2.24, 2.45) is 0 Å². The van der Waals surface area contributed by atoms with Crippen molar-refractivity contribution in [3.63, 3.8) is 0 Å². The van der Waals surface area contributed by atoms with Crippen molar-refractivity contribution in [1.82, 2.24) is 0 Å². The van der Waals surface area contributed by atoms with Gasteiger partial charge in [-0.1, -0.05) is 24.3 Å². The van der Waals surface area contributed by atoms with E-state index >= 15 is 0 Å². The van der Waals surface area contributed by atoms with Crippen LogP contribution in [0.4, 0.5) is 5.00 Å². The summed E-state index contributed by atoms with van der Waals surface area (Å²) in [5.41, 5.74) is 6.11. The van der Waals surface area contributed by atoms with Crippen LogP contribution in [0.5, 0.6) is 0 Å². The Labute approximate surface area is 112 Å². The number of fused-ring (bicyclic) bond motifs is 3. The van der Waals surface area contributed by atoms with Crippen LogP contribution in [0.2, 0.25) is 0 Å². The number of thiophene rings is 1. The van der Waals surface area contributed by atoms with Crippen molar-refractivity contribution < 1.29 is 0 Å². The molecule has 0 spiro atoms. The molecule has 2 heteroatoms. The van der Waals surface area contributed by atoms with Crippen molar-refractivity contribution in [3.8, 4) is 11.1 Å². The van der Waals surface area contributed by atoms with E-state index in [9.17, 15) is 0 Å². The summed E-state index contributed by atoms with van der Waals surface area (Å²) in [4.78, 5) is 2.59. The third-order valence-electron chi connectivity index (χ3n) is 4.22. The molecule has 2 aromatic rings. The summed E-state index contributed by atoms with van der Waals surface area (Å²) in [6.07, 6.45) is 5.16. The molecule has 0 N–H and O–H groups in total. The van der Waals surface area contributed by atoms with Gasteiger partial charge in [-0.05, 0) is 47.9 Å². The van der Waals surface area contributed by atoms with Crippen molar-refractivity contribution in [2.45, 2.75) is 25.7 Å². The van der Waals surface area contributed by atoms with Gasteiger partial charge in [0, 0.05) is 18.5 Å². The van der Waals surface area contributed by atoms with Gasteiger partial charge in [-0.15, -0.1) is 11.3 Å². The average molecular weight is 255 g/mol. The molecule has 1 aromatic carbocycles. The Hall–Kier alpha value is -1.28. The van der Waals surface area contributed by atoms with E-state index in [0.717, 1.165) is 0 Å². The largest absolute Gasteiger partial charge is 0.363 e. The molecule has 0 saturated carbocycles. The lowest BCUT2D eigenvalue weighted by Crippen LogP contribution is -2.18. The molecule has 0 bridgehead atoms. The molecule has 1 aromatic heterocycles. The van der Waals surface area contributed by atoms with E-state index in [1.165, 1.54) is 55.5 Å². The van der Waals surface area contributed by atoms with E-state index in [4.69, 9.17) is 0 Å². The molecule has 18 heavy (non-hydrogen) atoms. The van der Waals surface area contributed by atoms with Gasteiger partial charge in [0.15, 0.2) is 0 Å². The zero-order valence-electron chi connectivity index (χ0n) is 10.5. The number of aryl methyl sites for hydroxylation is 1. The van der Waals surface area contributed by atoms with Gasteiger partial charge in [0.2, 0.25) is 0 Å². The summed E-state index contributed by atoms with van der Waals surface area (Å²) in [5, 5.41) is 3.93. The number of rotatable bonds is 1. The summed E-state index contributed by atoms with van der Waals surface area (Å²) >= 11 is 1.95. The zero-order valence-corrected chi connectivity index (χ0v) is 11.3. The highest BCUT2D eigenvalue weighted by Gasteiger charge is 2.24. The monoisotopic (exact) mass is 255 g/mol. The van der Waals surface area contributed by atoms with Crippen molar-refractivity contribution in [3.05, 3.63) is 40.8 Å². The average Bonchev–Trinajstić information content (AvgIpc) is 3.07. The zero-order chi connectivity index (χ0) is 11.9. The molecule has 92 valence electrons. The second kappa shape index (κ2) is 4.13. The number of anilines is 1. The van der Waals surface area contributed by atoms with E-state index < -0.39 is 0 Å². The summed E-state index contributed by atoms with van der Waals surface area (Å²) in [5.74, 6) is 0. The number of hydrogen-bond donors (Lipinski definition) is 0. The Balaban J connectivity index is 1.82. The SMILES string of the molecule is c1ccc2c(c1)CCc1c-2csc1N1CCCC1. The Morgan fingerprint density at radius 3 is 2.67 bits per heavy atom. The number of hydrogen-bond acceptors (Lipinski definition) is 2. The second-order valence-electron chi connectivity index (χ2n) is 5.28. The minimum absolute atomic E-state index is 1.21. The first-order valence-electron chi connectivity index (χ1n) is 6.87. The molecule has 1 fully saturated rings. The van der Waals surface area contributed by atoms with Gasteiger partial charge >= 0.3 is 0 Å². The molecular weight excluding hydrogens is 238 g/mol. The van der Waals surface area contributed by atoms with Crippen LogP contribution in [-0.4, -0.2) is 13.1 Å². The first kappa shape index (κ1) is 10.6. The van der Waals surface area contributed by atoms with Gasteiger partial charge in [0.1, 0.15) is 0 Å². The van der Waals surface area contributed by atoms with Gasteiger partial charge in [0.05, 0.1) is 5.00 Å². The van der Waals surface area contributed by atoms with Gasteiger partial charge in [-0.2, -0.15) is 0 Å². The van der Waals surface area contributed by atoms with Crippen molar-refractivity contribution in [1.29, 1.82) is 0 Å². The first-order valence-corrected chi connectivity index (χ1v) is 7.75. The standard InChI is InChI=1S/C16H17NS/c1-2-6-13-12(5-1)7-8-14-15(13)11-18-16(14)17-9-3-4-10-17/h1-2,5-6,11H,3-4,7-10H2. The van der Waals surface area contributed by atoms with E-state index in [1.54, 1.807) is 10.6 Å². The Morgan fingerprint density at radius 1 is 0.944 bits per heavy atom. The Bertz CT molecular complexity index is 579. The van der Waals surface area contributed by atoms with E-state index in [1.807, 2.05) is 11.3 Å². The van der Waals surface area contributed by atoms with Gasteiger partial charge in [-0.3, -0.25) is 0 Å². The maximum atomic E-state index is 2.59. The highest BCUT2D eigenvalue weighted by molar-refractivity contribution is 7.14. The molecule has 1 aliphatic heterocycles. The fourth-order valence-electron chi connectivity index (χ4n) is 3.29. The molecule has 2 heterocycles. The van der Waals surface area contributed by atoms with Crippen LogP contribution in [0.15, 0.2) is 29.6 Å². The lowest BCUT2D eigenvalue weighted by Gasteiger charge is -2.22. The number of nitrogens with zero attached hydrogens (tertiary/aromatic N) is 1. The Kier molecular flexibility index (Phi) is 2.44. The smallest absolute Gasteiger partial charge is 0.0947 e. The van der Waals surface area contributed by atoms with Gasteiger partial charge in [0.25, 0.3) is 0 Å². The molecule has 1 saturated heterocycles. The predicted molar refractivity (Wildman–Crippen MR) is 78.6 cm³/mol. The lowest BCUT2D eigenvalue weighted by atomic mass is 9.88. The Morgan fingerprint density at radius 2 is 1.78 bits per heavy atom. The molecule has 4 rings (SSSR count). The van der Waals surface area contributed by atoms with Crippen LogP contribution in [0, 0.1) is 0 Å². The molecule has 0 unspecified atom stereocenters. The van der Waals surface area contributed by atoms with E-state index in [-0.39, 0.29) is 0 Å². The van der Waals surface area contributed by atoms with Crippen molar-refractivity contribution >= 4 is 16.3 Å². The van der Waals surface area contributed by atoms with Crippen LogP contribution >= 0.6 is 11.3 Å². The maximum absolute atomic E-state index is 2.59. The topological polar surface area (TPSA) is 3.24 Å². The first-order chi connectivity index (χ1) is 8.93. The summed E-state index contributed by atoms with van der Waals surface area (Å²) < 4.78 is 0. The maximum Gasteiger partial charge on any atom is 0.0947 e. The van der Waals surface area contributed by atoms with E-state index in [0.29, 0.717) is 0 Å². The normalized spacial score (nSPS) is 17.7. The second-order valence-corrected chi connectivity index (χ2v) is 6.14. The molecular formula is C16H17NS. The summed E-state index contributed by atoms with van der Waals surface area (Å²) in [6.45, 7) is 2.52. The van der Waals surface area contributed by atoms with E-state index in [2.05, 4.69) is 34.5 Å². The van der Waals surface area contributed by atoms with Crippen LogP contribution in [0.1, 0.15) is 24.0 Å². The highest BCUT2D eigenvalue weighted by atomic mass is 32.1. The highest BCUT2D eigenvalue weighted by Crippen LogP contribution is 2.43. The van der Waals surface area contributed by atoms with Crippen LogP contribution in [0.3, 0.4) is 0 Å². The number of benzene rings is 1. The van der Waals surface area contributed by atoms with Crippen LogP contribution in [0.25, 0.3) is 11.1 Å². The minimum Gasteiger partial charge on any atom is -0.363 e. The minimum atomic E-state index is 1.21. The van der Waals surface area contributed by atoms with Gasteiger partial charge in [-0.25, -0.2) is 0 Å². The van der Waals surface area contributed by atoms with Crippen LogP contribution < -0.4 is 4.90 Å².